The molecule has 0 aliphatic rings. The van der Waals surface area contributed by atoms with E-state index in [-0.39, 0.29) is 5.69 Å². The number of carbonyl (C=O) groups is 1. The number of nitrogens with zero attached hydrogens (tertiary/aromatic N) is 2. The summed E-state index contributed by atoms with van der Waals surface area (Å²) in [5, 5.41) is 13.6. The molecule has 0 bridgehead atoms. The maximum absolute atomic E-state index is 10.7. The summed E-state index contributed by atoms with van der Waals surface area (Å²) in [4.78, 5) is 10.7. The van der Waals surface area contributed by atoms with Crippen molar-refractivity contribution < 1.29 is 9.90 Å². The van der Waals surface area contributed by atoms with Crippen LogP contribution in [0.3, 0.4) is 0 Å². The summed E-state index contributed by atoms with van der Waals surface area (Å²) in [7, 11) is 0. The molecule has 2 rings (SSSR count). The van der Waals surface area contributed by atoms with Gasteiger partial charge in [-0.3, -0.25) is 4.68 Å². The molecular formula is C11H8Cl2N2O2. The first-order chi connectivity index (χ1) is 8.06. The van der Waals surface area contributed by atoms with Crippen molar-refractivity contribution in [1.82, 2.24) is 9.78 Å². The number of benzene rings is 1. The topological polar surface area (TPSA) is 55.1 Å². The Bertz CT molecular complexity index is 566. The highest BCUT2D eigenvalue weighted by molar-refractivity contribution is 6.42. The summed E-state index contributed by atoms with van der Waals surface area (Å²) in [6.07, 6.45) is 1.60. The Kier molecular flexibility index (Phi) is 3.36. The minimum absolute atomic E-state index is 0.0186. The van der Waals surface area contributed by atoms with Crippen LogP contribution >= 0.6 is 23.2 Å². The van der Waals surface area contributed by atoms with Crippen LogP contribution in [0.5, 0.6) is 0 Å². The summed E-state index contributed by atoms with van der Waals surface area (Å²) in [5.41, 5.74) is 0.921. The molecule has 0 atom stereocenters. The van der Waals surface area contributed by atoms with Gasteiger partial charge < -0.3 is 5.11 Å². The zero-order valence-electron chi connectivity index (χ0n) is 8.60. The number of rotatable bonds is 3. The molecule has 1 heterocycles. The smallest absolute Gasteiger partial charge is 0.356 e. The van der Waals surface area contributed by atoms with Gasteiger partial charge in [0, 0.05) is 6.20 Å². The van der Waals surface area contributed by atoms with Gasteiger partial charge in [-0.05, 0) is 23.8 Å². The van der Waals surface area contributed by atoms with Crippen LogP contribution in [0.1, 0.15) is 16.1 Å². The van der Waals surface area contributed by atoms with E-state index in [2.05, 4.69) is 5.10 Å². The maximum Gasteiger partial charge on any atom is 0.356 e. The second kappa shape index (κ2) is 4.77. The molecule has 88 valence electrons. The molecule has 1 aromatic heterocycles. The lowest BCUT2D eigenvalue weighted by atomic mass is 10.2. The quantitative estimate of drug-likeness (QED) is 0.933. The van der Waals surface area contributed by atoms with E-state index in [0.29, 0.717) is 16.6 Å². The third-order valence-corrected chi connectivity index (χ3v) is 2.93. The maximum atomic E-state index is 10.7. The third kappa shape index (κ3) is 2.78. The number of carboxylic acids is 1. The molecule has 0 amide bonds. The van der Waals surface area contributed by atoms with E-state index < -0.39 is 5.97 Å². The van der Waals surface area contributed by atoms with Gasteiger partial charge in [-0.25, -0.2) is 4.79 Å². The van der Waals surface area contributed by atoms with Crippen molar-refractivity contribution in [2.75, 3.05) is 0 Å². The third-order valence-electron chi connectivity index (χ3n) is 2.19. The lowest BCUT2D eigenvalue weighted by molar-refractivity contribution is 0.0689. The van der Waals surface area contributed by atoms with Crippen molar-refractivity contribution in [3.05, 3.63) is 51.8 Å². The minimum atomic E-state index is -1.04. The van der Waals surface area contributed by atoms with Gasteiger partial charge in [0.25, 0.3) is 0 Å². The fourth-order valence-corrected chi connectivity index (χ4v) is 1.71. The van der Waals surface area contributed by atoms with E-state index in [9.17, 15) is 4.79 Å². The lowest BCUT2D eigenvalue weighted by Crippen LogP contribution is -2.03. The molecule has 0 aliphatic carbocycles. The summed E-state index contributed by atoms with van der Waals surface area (Å²) >= 11 is 11.7. The van der Waals surface area contributed by atoms with E-state index in [1.165, 1.54) is 10.7 Å². The number of aromatic nitrogens is 2. The molecule has 6 heteroatoms. The van der Waals surface area contributed by atoms with E-state index in [1.54, 1.807) is 18.3 Å². The van der Waals surface area contributed by atoms with Crippen molar-refractivity contribution in [2.45, 2.75) is 6.54 Å². The molecule has 0 saturated carbocycles. The molecule has 0 radical (unpaired) electrons. The molecule has 0 unspecified atom stereocenters. The zero-order chi connectivity index (χ0) is 12.4. The second-order valence-corrected chi connectivity index (χ2v) is 4.27. The Labute approximate surface area is 107 Å². The first-order valence-electron chi connectivity index (χ1n) is 4.77. The van der Waals surface area contributed by atoms with Gasteiger partial charge in [0.2, 0.25) is 0 Å². The van der Waals surface area contributed by atoms with Crippen molar-refractivity contribution in [3.8, 4) is 0 Å². The second-order valence-electron chi connectivity index (χ2n) is 3.45. The molecule has 4 nitrogen and oxygen atoms in total. The molecular weight excluding hydrogens is 263 g/mol. The monoisotopic (exact) mass is 270 g/mol. The number of aromatic carboxylic acids is 1. The average molecular weight is 271 g/mol. The average Bonchev–Trinajstić information content (AvgIpc) is 2.72. The summed E-state index contributed by atoms with van der Waals surface area (Å²) in [6.45, 7) is 0.449. The molecule has 1 N–H and O–H groups in total. The predicted molar refractivity (Wildman–Crippen MR) is 64.8 cm³/mol. The van der Waals surface area contributed by atoms with E-state index in [0.717, 1.165) is 5.56 Å². The van der Waals surface area contributed by atoms with Gasteiger partial charge in [0.15, 0.2) is 5.69 Å². The van der Waals surface area contributed by atoms with Crippen LogP contribution in [0.25, 0.3) is 0 Å². The molecule has 0 fully saturated rings. The summed E-state index contributed by atoms with van der Waals surface area (Å²) in [5.74, 6) is -1.04. The van der Waals surface area contributed by atoms with Crippen LogP contribution in [-0.4, -0.2) is 20.9 Å². The number of hydrogen-bond donors (Lipinski definition) is 1. The van der Waals surface area contributed by atoms with Gasteiger partial charge in [0.05, 0.1) is 16.6 Å². The minimum Gasteiger partial charge on any atom is -0.476 e. The molecule has 17 heavy (non-hydrogen) atoms. The Morgan fingerprint density at radius 2 is 2.06 bits per heavy atom. The molecule has 0 spiro atoms. The highest BCUT2D eigenvalue weighted by atomic mass is 35.5. The van der Waals surface area contributed by atoms with Crippen molar-refractivity contribution in [2.24, 2.45) is 0 Å². The van der Waals surface area contributed by atoms with Crippen LogP contribution in [0, 0.1) is 0 Å². The Balaban J connectivity index is 2.19. The van der Waals surface area contributed by atoms with Crippen LogP contribution in [-0.2, 0) is 6.54 Å². The van der Waals surface area contributed by atoms with E-state index in [1.807, 2.05) is 6.07 Å². The first-order valence-corrected chi connectivity index (χ1v) is 5.52. The Morgan fingerprint density at radius 3 is 2.65 bits per heavy atom. The van der Waals surface area contributed by atoms with Gasteiger partial charge >= 0.3 is 5.97 Å². The Morgan fingerprint density at radius 1 is 1.29 bits per heavy atom. The fraction of sp³-hybridized carbons (Fsp3) is 0.0909. The van der Waals surface area contributed by atoms with Crippen LogP contribution < -0.4 is 0 Å². The summed E-state index contributed by atoms with van der Waals surface area (Å²) < 4.78 is 1.53. The van der Waals surface area contributed by atoms with Crippen molar-refractivity contribution >= 4 is 29.2 Å². The lowest BCUT2D eigenvalue weighted by Gasteiger charge is -2.03. The van der Waals surface area contributed by atoms with Crippen LogP contribution in [0.4, 0.5) is 0 Å². The Hall–Kier alpha value is -1.52. The standard InChI is InChI=1S/C11H8Cl2N2O2/c12-8-2-1-7(5-9(8)13)6-15-4-3-10(14-15)11(16)17/h1-5H,6H2,(H,16,17). The largest absolute Gasteiger partial charge is 0.476 e. The van der Waals surface area contributed by atoms with Crippen LogP contribution in [0.15, 0.2) is 30.5 Å². The highest BCUT2D eigenvalue weighted by Gasteiger charge is 2.07. The van der Waals surface area contributed by atoms with Crippen molar-refractivity contribution in [3.63, 3.8) is 0 Å². The van der Waals surface area contributed by atoms with Gasteiger partial charge in [0.1, 0.15) is 0 Å². The SMILES string of the molecule is O=C(O)c1ccn(Cc2ccc(Cl)c(Cl)c2)n1. The summed E-state index contributed by atoms with van der Waals surface area (Å²) in [6, 6.07) is 6.68. The van der Waals surface area contributed by atoms with E-state index in [4.69, 9.17) is 28.3 Å². The number of hydrogen-bond acceptors (Lipinski definition) is 2. The first kappa shape index (κ1) is 12.0. The predicted octanol–water partition coefficient (Wildman–Crippen LogP) is 2.94. The van der Waals surface area contributed by atoms with E-state index >= 15 is 0 Å². The van der Waals surface area contributed by atoms with Gasteiger partial charge in [-0.15, -0.1) is 0 Å². The number of carboxylic acid groups (broad SMARTS) is 1. The molecule has 0 aliphatic heterocycles. The van der Waals surface area contributed by atoms with Crippen molar-refractivity contribution in [1.29, 1.82) is 0 Å². The fourth-order valence-electron chi connectivity index (χ4n) is 1.39. The van der Waals surface area contributed by atoms with Gasteiger partial charge in [-0.1, -0.05) is 29.3 Å². The highest BCUT2D eigenvalue weighted by Crippen LogP contribution is 2.22. The van der Waals surface area contributed by atoms with Gasteiger partial charge in [-0.2, -0.15) is 5.10 Å². The number of halogens is 2. The molecule has 1 aromatic carbocycles. The van der Waals surface area contributed by atoms with Crippen LogP contribution in [0.2, 0.25) is 10.0 Å². The molecule has 0 saturated heterocycles. The molecule has 2 aromatic rings. The normalized spacial score (nSPS) is 10.5. The zero-order valence-corrected chi connectivity index (χ0v) is 10.1.